The number of ether oxygens (including phenoxy) is 1. The van der Waals surface area contributed by atoms with E-state index < -0.39 is 5.82 Å². The number of aliphatic hydroxyl groups excluding tert-OH is 1. The van der Waals surface area contributed by atoms with Crippen LogP contribution in [0.4, 0.5) is 10.2 Å². The van der Waals surface area contributed by atoms with Gasteiger partial charge >= 0.3 is 0 Å². The summed E-state index contributed by atoms with van der Waals surface area (Å²) in [6.45, 7) is 2.86. The number of carbonyl (C=O) groups excluding carboxylic acids is 1. The van der Waals surface area contributed by atoms with E-state index in [-0.39, 0.29) is 25.1 Å². The van der Waals surface area contributed by atoms with Gasteiger partial charge in [0.1, 0.15) is 17.3 Å². The first-order chi connectivity index (χ1) is 18.4. The molecule has 1 aromatic carbocycles. The topological polar surface area (TPSA) is 82.9 Å². The molecule has 10 heteroatoms. The first kappa shape index (κ1) is 26.6. The Hall–Kier alpha value is -2.98. The summed E-state index contributed by atoms with van der Waals surface area (Å²) in [4.78, 5) is 22.2. The molecular weight excluding hydrogens is 509 g/mol. The molecule has 0 bridgehead atoms. The second kappa shape index (κ2) is 11.4. The van der Waals surface area contributed by atoms with Gasteiger partial charge in [0, 0.05) is 49.8 Å². The molecule has 2 N–H and O–H groups in total. The van der Waals surface area contributed by atoms with Crippen LogP contribution in [0, 0.1) is 5.82 Å². The summed E-state index contributed by atoms with van der Waals surface area (Å²) in [6.07, 6.45) is 5.68. The summed E-state index contributed by atoms with van der Waals surface area (Å²) in [7, 11) is 3.73. The number of aliphatic hydroxyl groups is 1. The number of amides is 1. The van der Waals surface area contributed by atoms with E-state index >= 15 is 0 Å². The van der Waals surface area contributed by atoms with Crippen LogP contribution >= 0.6 is 11.6 Å². The molecule has 5 rings (SSSR count). The Bertz CT molecular complexity index is 1310. The molecule has 0 saturated carbocycles. The van der Waals surface area contributed by atoms with Gasteiger partial charge in [0.15, 0.2) is 0 Å². The third kappa shape index (κ3) is 5.56. The first-order valence-corrected chi connectivity index (χ1v) is 13.2. The Morgan fingerprint density at radius 3 is 2.74 bits per heavy atom. The molecule has 3 aromatic rings. The minimum absolute atomic E-state index is 0.168. The van der Waals surface area contributed by atoms with Crippen molar-refractivity contribution in [3.05, 3.63) is 70.4 Å². The number of rotatable bonds is 8. The zero-order chi connectivity index (χ0) is 26.8. The van der Waals surface area contributed by atoms with Crippen molar-refractivity contribution in [3.63, 3.8) is 0 Å². The van der Waals surface area contributed by atoms with E-state index in [1.54, 1.807) is 24.3 Å². The number of pyridine rings is 1. The lowest BCUT2D eigenvalue weighted by molar-refractivity contribution is 0.0386. The fourth-order valence-corrected chi connectivity index (χ4v) is 5.56. The van der Waals surface area contributed by atoms with E-state index in [1.807, 2.05) is 22.9 Å². The van der Waals surface area contributed by atoms with Crippen molar-refractivity contribution in [2.45, 2.75) is 44.6 Å². The molecule has 1 amide bonds. The van der Waals surface area contributed by atoms with Crippen LogP contribution in [0.2, 0.25) is 5.02 Å². The number of aromatic nitrogens is 2. The number of nitrogens with zero attached hydrogens (tertiary/aromatic N) is 4. The van der Waals surface area contributed by atoms with Gasteiger partial charge in [-0.15, -0.1) is 0 Å². The molecule has 1 saturated heterocycles. The monoisotopic (exact) mass is 541 g/mol. The fraction of sp³-hybridized carbons (Fsp3) is 0.429. The van der Waals surface area contributed by atoms with Crippen molar-refractivity contribution in [1.29, 1.82) is 0 Å². The Labute approximate surface area is 227 Å². The van der Waals surface area contributed by atoms with Crippen LogP contribution in [-0.4, -0.2) is 76.3 Å². The maximum atomic E-state index is 14.0. The number of nitrogens with one attached hydrogen (secondary N) is 1. The van der Waals surface area contributed by atoms with E-state index in [4.69, 9.17) is 16.3 Å². The quantitative estimate of drug-likeness (QED) is 0.448. The predicted molar refractivity (Wildman–Crippen MR) is 145 cm³/mol. The van der Waals surface area contributed by atoms with Crippen LogP contribution in [0.3, 0.4) is 0 Å². The highest BCUT2D eigenvalue weighted by Crippen LogP contribution is 2.34. The maximum absolute atomic E-state index is 14.0. The zero-order valence-corrected chi connectivity index (χ0v) is 22.4. The molecule has 2 aromatic heterocycles. The average Bonchev–Trinajstić information content (AvgIpc) is 3.33. The molecular formula is C28H33ClFN5O3. The fourth-order valence-electron chi connectivity index (χ4n) is 5.34. The van der Waals surface area contributed by atoms with Gasteiger partial charge in [-0.3, -0.25) is 4.79 Å². The molecule has 202 valence electrons. The van der Waals surface area contributed by atoms with Gasteiger partial charge in [-0.05, 0) is 68.4 Å². The van der Waals surface area contributed by atoms with E-state index in [0.717, 1.165) is 42.9 Å². The standard InChI is InChI=1S/C28H33ClFN5O3/c1-33-7-5-22(6-8-33)32-27-11-24(25(29)12-31-27)20-10-26-28(37)35(23(17-38-2)15-34(26)13-20)14-19-9-21(30)4-3-18(19)16-36/h3-4,9-13,22-23,36H,5-8,14-17H2,1-2H3,(H,31,32). The van der Waals surface area contributed by atoms with E-state index in [2.05, 4.69) is 22.2 Å². The Morgan fingerprint density at radius 1 is 1.21 bits per heavy atom. The Kier molecular flexibility index (Phi) is 7.99. The first-order valence-electron chi connectivity index (χ1n) is 12.9. The third-order valence-corrected chi connectivity index (χ3v) is 7.80. The molecule has 4 heterocycles. The minimum atomic E-state index is -0.410. The van der Waals surface area contributed by atoms with Crippen LogP contribution in [0.15, 0.2) is 42.7 Å². The number of anilines is 1. The van der Waals surface area contributed by atoms with Crippen molar-refractivity contribution >= 4 is 23.3 Å². The minimum Gasteiger partial charge on any atom is -0.392 e. The van der Waals surface area contributed by atoms with E-state index in [9.17, 15) is 14.3 Å². The summed E-state index contributed by atoms with van der Waals surface area (Å²) in [5.74, 6) is 0.163. The van der Waals surface area contributed by atoms with Gasteiger partial charge in [-0.25, -0.2) is 9.37 Å². The second-order valence-electron chi connectivity index (χ2n) is 10.2. The van der Waals surface area contributed by atoms with Crippen LogP contribution in [-0.2, 0) is 24.4 Å². The Balaban J connectivity index is 1.42. The number of piperidine rings is 1. The lowest BCUT2D eigenvalue weighted by atomic mass is 10.0. The van der Waals surface area contributed by atoms with Crippen LogP contribution in [0.5, 0.6) is 0 Å². The van der Waals surface area contributed by atoms with E-state index in [1.165, 1.54) is 12.1 Å². The van der Waals surface area contributed by atoms with Crippen molar-refractivity contribution in [2.75, 3.05) is 39.2 Å². The van der Waals surface area contributed by atoms with Crippen molar-refractivity contribution in [3.8, 4) is 11.1 Å². The largest absolute Gasteiger partial charge is 0.392 e. The van der Waals surface area contributed by atoms with Gasteiger partial charge in [-0.2, -0.15) is 0 Å². The molecule has 38 heavy (non-hydrogen) atoms. The van der Waals surface area contributed by atoms with Gasteiger partial charge in [0.05, 0.1) is 24.3 Å². The van der Waals surface area contributed by atoms with Crippen LogP contribution in [0.1, 0.15) is 34.5 Å². The smallest absolute Gasteiger partial charge is 0.271 e. The highest BCUT2D eigenvalue weighted by molar-refractivity contribution is 6.33. The summed E-state index contributed by atoms with van der Waals surface area (Å²) in [5.41, 5.74) is 3.31. The summed E-state index contributed by atoms with van der Waals surface area (Å²) < 4.78 is 21.4. The number of likely N-dealkylation sites (tertiary alicyclic amines) is 1. The highest BCUT2D eigenvalue weighted by Gasteiger charge is 2.34. The number of halogens is 2. The molecule has 0 radical (unpaired) electrons. The molecule has 2 aliphatic heterocycles. The number of fused-ring (bicyclic) bond motifs is 1. The van der Waals surface area contributed by atoms with Gasteiger partial charge in [0.25, 0.3) is 5.91 Å². The average molecular weight is 542 g/mol. The molecule has 1 unspecified atom stereocenters. The predicted octanol–water partition coefficient (Wildman–Crippen LogP) is 4.01. The number of hydrogen-bond donors (Lipinski definition) is 2. The zero-order valence-electron chi connectivity index (χ0n) is 21.7. The number of benzene rings is 1. The van der Waals surface area contributed by atoms with Gasteiger partial charge < -0.3 is 29.5 Å². The third-order valence-electron chi connectivity index (χ3n) is 7.50. The normalized spacial score (nSPS) is 18.6. The molecule has 0 aliphatic carbocycles. The number of hydrogen-bond acceptors (Lipinski definition) is 6. The summed E-state index contributed by atoms with van der Waals surface area (Å²) in [5, 5.41) is 13.8. The van der Waals surface area contributed by atoms with Crippen molar-refractivity contribution in [1.82, 2.24) is 19.4 Å². The lowest BCUT2D eigenvalue weighted by Gasteiger charge is -2.36. The molecule has 8 nitrogen and oxygen atoms in total. The van der Waals surface area contributed by atoms with Gasteiger partial charge in [-0.1, -0.05) is 17.7 Å². The van der Waals surface area contributed by atoms with Crippen LogP contribution < -0.4 is 5.32 Å². The highest BCUT2D eigenvalue weighted by atomic mass is 35.5. The van der Waals surface area contributed by atoms with Crippen molar-refractivity contribution < 1.29 is 19.0 Å². The number of methoxy groups -OCH3 is 1. The second-order valence-corrected chi connectivity index (χ2v) is 10.6. The summed E-state index contributed by atoms with van der Waals surface area (Å²) in [6, 6.07) is 8.11. The van der Waals surface area contributed by atoms with Crippen LogP contribution in [0.25, 0.3) is 11.1 Å². The summed E-state index contributed by atoms with van der Waals surface area (Å²) >= 11 is 6.57. The molecule has 1 atom stereocenters. The molecule has 0 spiro atoms. The molecule has 2 aliphatic rings. The lowest BCUT2D eigenvalue weighted by Crippen LogP contribution is -2.49. The van der Waals surface area contributed by atoms with Gasteiger partial charge in [0.2, 0.25) is 0 Å². The maximum Gasteiger partial charge on any atom is 0.271 e. The Morgan fingerprint density at radius 2 is 2.00 bits per heavy atom. The number of carbonyl (C=O) groups is 1. The van der Waals surface area contributed by atoms with E-state index in [0.29, 0.717) is 41.0 Å². The SMILES string of the molecule is COCC1Cn2cc(-c3cc(NC4CCN(C)CC4)ncc3Cl)cc2C(=O)N1Cc1cc(F)ccc1CO. The molecule has 1 fully saturated rings. The van der Waals surface area contributed by atoms with Crippen molar-refractivity contribution in [2.24, 2.45) is 0 Å².